The molecule has 2 aliphatic heterocycles. The van der Waals surface area contributed by atoms with Gasteiger partial charge in [0.1, 0.15) is 53.9 Å². The van der Waals surface area contributed by atoms with Crippen LogP contribution in [0.2, 0.25) is 0 Å². The zero-order chi connectivity index (χ0) is 34.1. The molecule has 0 spiro atoms. The molecule has 268 valence electrons. The first-order chi connectivity index (χ1) is 21.5. The molecular weight excluding hydrogens is 614 g/mol. The van der Waals surface area contributed by atoms with Crippen molar-refractivity contribution in [2.75, 3.05) is 33.4 Å². The molecule has 18 nitrogen and oxygen atoms in total. The average Bonchev–Trinajstić information content (AvgIpc) is 2.98. The number of carbonyl (C=O) groups is 1. The van der Waals surface area contributed by atoms with Gasteiger partial charge in [0.15, 0.2) is 18.4 Å². The van der Waals surface area contributed by atoms with E-state index in [1.54, 1.807) is 7.05 Å². The van der Waals surface area contributed by atoms with Crippen LogP contribution in [-0.2, 0) is 23.7 Å². The molecule has 0 aromatic heterocycles. The van der Waals surface area contributed by atoms with E-state index in [0.717, 1.165) is 0 Å². The molecule has 0 amide bonds. The Hall–Kier alpha value is -1.01. The number of nitrogens with two attached hydrogens (primary N) is 3. The average molecular weight is 668 g/mol. The Labute approximate surface area is 267 Å². The van der Waals surface area contributed by atoms with E-state index in [1.165, 1.54) is 6.92 Å². The third kappa shape index (κ3) is 8.06. The Bertz CT molecular complexity index is 1010. The quantitative estimate of drug-likeness (QED) is 0.0867. The lowest BCUT2D eigenvalue weighted by atomic mass is 9.69. The summed E-state index contributed by atoms with van der Waals surface area (Å²) in [6.07, 6.45) is -14.6. The monoisotopic (exact) mass is 667 g/mol. The number of ether oxygens (including phenoxy) is 4. The highest BCUT2D eigenvalue weighted by Crippen LogP contribution is 2.39. The lowest BCUT2D eigenvalue weighted by Crippen LogP contribution is -2.68. The van der Waals surface area contributed by atoms with E-state index >= 15 is 0 Å². The fraction of sp³-hybridized carbons (Fsp3) is 0.964. The summed E-state index contributed by atoms with van der Waals surface area (Å²) in [5.74, 6) is -1.30. The van der Waals surface area contributed by atoms with E-state index in [0.29, 0.717) is 0 Å². The standard InChI is InChI=1S/C28H53N5O13/c1-27(41)10-43-25(21(40)24(27)32-2)45-22-11(4-16(35)28(42)5-12(29)6-28)3-14(31)23(20(22)39)46-26-19(38)18(37)17(36)15(44-26)8-33-7-13(30)9-34/h11-15,17-26,32-34,36-42H,3-10,29-31H2,1-2H3/t11-,12?,13?,14-,15+,17+,18-,19+,20+,21+,22-,23?,24+,25+,26+,27-,28?/m0/s1. The molecule has 46 heavy (non-hydrogen) atoms. The Kier molecular flexibility index (Phi) is 12.5. The molecule has 2 heterocycles. The minimum Gasteiger partial charge on any atom is -0.395 e. The van der Waals surface area contributed by atoms with Crippen molar-refractivity contribution in [2.45, 2.75) is 129 Å². The molecule has 2 saturated carbocycles. The van der Waals surface area contributed by atoms with Gasteiger partial charge < -0.3 is 87.6 Å². The lowest BCUT2D eigenvalue weighted by molar-refractivity contribution is -0.333. The number of likely N-dealkylation sites (N-methyl/N-ethyl adjacent to an activating group) is 1. The summed E-state index contributed by atoms with van der Waals surface area (Å²) in [4.78, 5) is 13.2. The second-order valence-corrected chi connectivity index (χ2v) is 13.6. The summed E-state index contributed by atoms with van der Waals surface area (Å²) in [6.45, 7) is 1.09. The maximum Gasteiger partial charge on any atom is 0.187 e. The SMILES string of the molecule is CN[C@@H]1[C@@H](O)[C@@H](O[C@H]2[C@H](CC(=O)C3(O)CC(N)C3)C[C@H](N)C(O[C@H]3O[C@H](CNCC(N)CO)[C@@H](O)[C@H](O)[C@H]3O)[C@@H]2O)OC[C@]1(C)O. The molecule has 4 rings (SSSR count). The first kappa shape index (κ1) is 37.8. The Balaban J connectivity index is 1.52. The van der Waals surface area contributed by atoms with Crippen molar-refractivity contribution in [2.24, 2.45) is 23.1 Å². The largest absolute Gasteiger partial charge is 0.395 e. The summed E-state index contributed by atoms with van der Waals surface area (Å²) in [5, 5.41) is 90.7. The highest BCUT2D eigenvalue weighted by atomic mass is 16.7. The van der Waals surface area contributed by atoms with Crippen LogP contribution < -0.4 is 27.8 Å². The van der Waals surface area contributed by atoms with Gasteiger partial charge in [-0.05, 0) is 39.2 Å². The van der Waals surface area contributed by atoms with Crippen LogP contribution in [-0.4, -0.2) is 177 Å². The number of nitrogens with one attached hydrogen (secondary N) is 2. The topological polar surface area (TPSA) is 318 Å². The minimum absolute atomic E-state index is 0.0221. The molecule has 4 fully saturated rings. The molecule has 0 aromatic carbocycles. The molecule has 0 bridgehead atoms. The number of Topliss-reactive ketones (excluding diaryl/α,β-unsaturated/α-hetero) is 1. The molecule has 2 unspecified atom stereocenters. The second kappa shape index (κ2) is 15.3. The van der Waals surface area contributed by atoms with Crippen LogP contribution in [0.3, 0.4) is 0 Å². The van der Waals surface area contributed by atoms with Crippen LogP contribution in [0, 0.1) is 5.92 Å². The van der Waals surface area contributed by atoms with Gasteiger partial charge in [-0.1, -0.05) is 0 Å². The molecule has 0 radical (unpaired) electrons. The van der Waals surface area contributed by atoms with Crippen LogP contribution in [0.5, 0.6) is 0 Å². The predicted molar refractivity (Wildman–Crippen MR) is 157 cm³/mol. The van der Waals surface area contributed by atoms with E-state index in [9.17, 15) is 40.5 Å². The normalized spacial score (nSPS) is 48.9. The lowest BCUT2D eigenvalue weighted by Gasteiger charge is -2.50. The molecule has 0 aromatic rings. The highest BCUT2D eigenvalue weighted by Gasteiger charge is 2.54. The van der Waals surface area contributed by atoms with Crippen LogP contribution in [0.15, 0.2) is 0 Å². The maximum absolute atomic E-state index is 13.2. The van der Waals surface area contributed by atoms with Crippen molar-refractivity contribution in [3.8, 4) is 0 Å². The Morgan fingerprint density at radius 1 is 0.978 bits per heavy atom. The van der Waals surface area contributed by atoms with Gasteiger partial charge in [0.25, 0.3) is 0 Å². The number of hydrogen-bond acceptors (Lipinski definition) is 18. The predicted octanol–water partition coefficient (Wildman–Crippen LogP) is -6.95. The fourth-order valence-electron chi connectivity index (χ4n) is 6.92. The van der Waals surface area contributed by atoms with Crippen molar-refractivity contribution in [1.29, 1.82) is 0 Å². The van der Waals surface area contributed by atoms with E-state index in [2.05, 4.69) is 10.6 Å². The van der Waals surface area contributed by atoms with Gasteiger partial charge in [-0.2, -0.15) is 0 Å². The van der Waals surface area contributed by atoms with Crippen LogP contribution in [0.25, 0.3) is 0 Å². The third-order valence-corrected chi connectivity index (χ3v) is 9.68. The van der Waals surface area contributed by atoms with Gasteiger partial charge >= 0.3 is 0 Å². The summed E-state index contributed by atoms with van der Waals surface area (Å²) in [7, 11) is 1.54. The fourth-order valence-corrected chi connectivity index (χ4v) is 6.92. The number of rotatable bonds is 13. The minimum atomic E-state index is -1.75. The molecule has 18 heteroatoms. The van der Waals surface area contributed by atoms with E-state index in [1.807, 2.05) is 0 Å². The van der Waals surface area contributed by atoms with Crippen LogP contribution >= 0.6 is 0 Å². The summed E-state index contributed by atoms with van der Waals surface area (Å²) in [6, 6.07) is -2.75. The van der Waals surface area contributed by atoms with Crippen molar-refractivity contribution in [3.63, 3.8) is 0 Å². The number of ketones is 1. The van der Waals surface area contributed by atoms with Crippen LogP contribution in [0.4, 0.5) is 0 Å². The van der Waals surface area contributed by atoms with Crippen molar-refractivity contribution in [3.05, 3.63) is 0 Å². The molecule has 15 atom stereocenters. The van der Waals surface area contributed by atoms with Crippen molar-refractivity contribution < 1.29 is 64.6 Å². The molecule has 16 N–H and O–H groups in total. The third-order valence-electron chi connectivity index (χ3n) is 9.68. The number of aliphatic hydroxyl groups excluding tert-OH is 6. The van der Waals surface area contributed by atoms with Gasteiger partial charge in [0.2, 0.25) is 0 Å². The Morgan fingerprint density at radius 3 is 2.24 bits per heavy atom. The Morgan fingerprint density at radius 2 is 1.63 bits per heavy atom. The smallest absolute Gasteiger partial charge is 0.187 e. The van der Waals surface area contributed by atoms with Gasteiger partial charge in [-0.15, -0.1) is 0 Å². The van der Waals surface area contributed by atoms with Gasteiger partial charge in [-0.25, -0.2) is 0 Å². The van der Waals surface area contributed by atoms with Crippen molar-refractivity contribution >= 4 is 5.78 Å². The highest BCUT2D eigenvalue weighted by molar-refractivity contribution is 5.88. The molecular formula is C28H53N5O13. The van der Waals surface area contributed by atoms with Gasteiger partial charge in [0, 0.05) is 37.6 Å². The molecule has 4 aliphatic rings. The van der Waals surface area contributed by atoms with Gasteiger partial charge in [-0.3, -0.25) is 4.79 Å². The van der Waals surface area contributed by atoms with E-state index in [4.69, 9.17) is 41.3 Å². The second-order valence-electron chi connectivity index (χ2n) is 13.6. The zero-order valence-corrected chi connectivity index (χ0v) is 26.2. The zero-order valence-electron chi connectivity index (χ0n) is 26.2. The number of carbonyl (C=O) groups excluding carboxylic acids is 1. The first-order valence-electron chi connectivity index (χ1n) is 15.7. The molecule has 2 aliphatic carbocycles. The number of aliphatic hydroxyl groups is 8. The van der Waals surface area contributed by atoms with Crippen molar-refractivity contribution in [1.82, 2.24) is 10.6 Å². The van der Waals surface area contributed by atoms with E-state index in [-0.39, 0.29) is 58.0 Å². The summed E-state index contributed by atoms with van der Waals surface area (Å²) in [5.41, 5.74) is 14.9. The summed E-state index contributed by atoms with van der Waals surface area (Å²) >= 11 is 0. The summed E-state index contributed by atoms with van der Waals surface area (Å²) < 4.78 is 23.5. The molecule has 2 saturated heterocycles. The first-order valence-corrected chi connectivity index (χ1v) is 15.7. The maximum atomic E-state index is 13.2. The number of hydrogen-bond donors (Lipinski definition) is 13. The van der Waals surface area contributed by atoms with Gasteiger partial charge in [0.05, 0.1) is 25.4 Å². The van der Waals surface area contributed by atoms with E-state index < -0.39 is 102 Å². The van der Waals surface area contributed by atoms with Crippen LogP contribution in [0.1, 0.15) is 32.6 Å².